The van der Waals surface area contributed by atoms with E-state index in [-0.39, 0.29) is 0 Å². The third-order valence-corrected chi connectivity index (χ3v) is 25.0. The first-order valence-corrected chi connectivity index (χ1v) is 43.0. The molecule has 24 aromatic rings. The van der Waals surface area contributed by atoms with Crippen LogP contribution in [0.1, 0.15) is 0 Å². The molecule has 0 atom stereocenters. The van der Waals surface area contributed by atoms with Gasteiger partial charge in [-0.15, -0.1) is 0 Å². The number of para-hydroxylation sites is 2. The van der Waals surface area contributed by atoms with E-state index >= 15 is 0 Å². The molecule has 0 N–H and O–H groups in total. The number of benzene rings is 14. The van der Waals surface area contributed by atoms with Crippen molar-refractivity contribution >= 4 is 87.0 Å². The molecule has 0 radical (unpaired) electrons. The number of nitrogens with zero attached hydrogens (tertiary/aromatic N) is 10. The Kier molecular flexibility index (Phi) is 18.3. The van der Waals surface area contributed by atoms with Crippen LogP contribution in [0.25, 0.3) is 255 Å². The highest BCUT2D eigenvalue weighted by molar-refractivity contribution is 6.18. The van der Waals surface area contributed by atoms with Gasteiger partial charge in [0, 0.05) is 114 Å². The molecule has 0 spiro atoms. The molecule has 594 valence electrons. The Labute approximate surface area is 737 Å². The van der Waals surface area contributed by atoms with Gasteiger partial charge >= 0.3 is 0 Å². The van der Waals surface area contributed by atoms with Crippen LogP contribution in [0.15, 0.2) is 438 Å². The molecule has 10 heterocycles. The summed E-state index contributed by atoms with van der Waals surface area (Å²) in [5.41, 5.74) is 35.6. The summed E-state index contributed by atoms with van der Waals surface area (Å²) in [5, 5.41) is 10.9. The lowest BCUT2D eigenvalue weighted by Crippen LogP contribution is -1.94. The third-order valence-electron chi connectivity index (χ3n) is 25.0. The van der Waals surface area contributed by atoms with Crippen molar-refractivity contribution in [2.24, 2.45) is 0 Å². The maximum Gasteiger partial charge on any atom is 0.0978 e. The zero-order valence-corrected chi connectivity index (χ0v) is 69.0. The van der Waals surface area contributed by atoms with E-state index in [2.05, 4.69) is 386 Å². The molecule has 128 heavy (non-hydrogen) atoms. The first-order chi connectivity index (χ1) is 63.4. The van der Waals surface area contributed by atoms with Crippen LogP contribution in [-0.2, 0) is 0 Å². The molecule has 0 saturated heterocycles. The van der Waals surface area contributed by atoms with Crippen LogP contribution in [0.5, 0.6) is 0 Å². The fraction of sp³-hybridized carbons (Fsp3) is 0. The molecule has 10 heteroatoms. The quantitative estimate of drug-likeness (QED) is 0.0723. The van der Waals surface area contributed by atoms with Gasteiger partial charge in [-0.25, -0.2) is 29.9 Å². The smallest absolute Gasteiger partial charge is 0.0978 e. The molecule has 0 aliphatic heterocycles. The molecule has 10 nitrogen and oxygen atoms in total. The summed E-state index contributed by atoms with van der Waals surface area (Å²) in [7, 11) is 0. The maximum atomic E-state index is 5.54. The minimum absolute atomic E-state index is 0.766. The molecule has 0 amide bonds. The fourth-order valence-electron chi connectivity index (χ4n) is 18.5. The van der Waals surface area contributed by atoms with Crippen LogP contribution in [0.4, 0.5) is 0 Å². The summed E-state index contributed by atoms with van der Waals surface area (Å²) in [6.45, 7) is 0. The summed E-state index contributed by atoms with van der Waals surface area (Å²) in [6, 6.07) is 142. The van der Waals surface area contributed by atoms with Crippen molar-refractivity contribution in [1.82, 2.24) is 49.8 Å². The second kappa shape index (κ2) is 31.5. The summed E-state index contributed by atoms with van der Waals surface area (Å²) in [6.07, 6.45) is 11.1. The zero-order valence-electron chi connectivity index (χ0n) is 69.0. The average Bonchev–Trinajstić information content (AvgIpc) is 0.737. The van der Waals surface area contributed by atoms with Crippen molar-refractivity contribution < 1.29 is 0 Å². The fourth-order valence-corrected chi connectivity index (χ4v) is 18.5. The number of hydrogen-bond donors (Lipinski definition) is 0. The van der Waals surface area contributed by atoms with E-state index in [1.54, 1.807) is 0 Å². The normalized spacial score (nSPS) is 11.6. The Hall–Kier alpha value is -17.3. The summed E-state index contributed by atoms with van der Waals surface area (Å²) < 4.78 is 0. The van der Waals surface area contributed by atoms with Gasteiger partial charge in [-0.1, -0.05) is 291 Å². The zero-order chi connectivity index (χ0) is 84.5. The minimum Gasteiger partial charge on any atom is -0.265 e. The van der Waals surface area contributed by atoms with Gasteiger partial charge in [0.1, 0.15) is 0 Å². The number of fused-ring (bicyclic) bond motifs is 10. The van der Waals surface area contributed by atoms with Gasteiger partial charge < -0.3 is 0 Å². The lowest BCUT2D eigenvalue weighted by Gasteiger charge is -2.16. The standard InChI is InChI=1S/C118H72N10/c1-3-13-83(14-4-1)113-99-19-9-11-21-104(99)127-117-101(113)47-43-85-45-51-103(125-115(85)117)92-42-41-87-65-89(40-39-88(87)66-92)93-69-107(79-31-23-73(24-32-79)77-53-59-119-60-54-77)123-108(70-93)80-35-27-75(28-36-80)90-57-63-121-111(67-90)112-68-91(58-64-122-112)76-29-37-82(38-30-76)110-72-94(71-109(124-110)81-33-25-74(26-34-81)78-55-61-120-62-56-78)95-49-50-98(97-18-8-7-17-96(95)97)106-52-46-86-44-48-102-114(84-15-5-2-6-16-84)100-20-10-12-22-105(100)128-118(102)116(86)126-106/h1-72H. The van der Waals surface area contributed by atoms with Crippen LogP contribution in [0, 0.1) is 0 Å². The van der Waals surface area contributed by atoms with E-state index in [4.69, 9.17) is 39.9 Å². The first-order valence-electron chi connectivity index (χ1n) is 43.0. The number of rotatable bonds is 15. The van der Waals surface area contributed by atoms with Gasteiger partial charge in [0.25, 0.3) is 0 Å². The molecule has 0 unspecified atom stereocenters. The molecular weight excluding hydrogens is 1560 g/mol. The van der Waals surface area contributed by atoms with Gasteiger partial charge in [-0.2, -0.15) is 0 Å². The number of hydrogen-bond acceptors (Lipinski definition) is 10. The molecular formula is C118H72N10. The SMILES string of the molecule is c1ccc(-c2c3ccccc3nc3c2ccc2ccc(-c4ccc5cc(-c6cc(-c7ccc(-c8ccncc8)cc7)nc(-c7ccc(-c8ccnc(-c9cc(-c%10ccc(-c%11cc(-c%12ccc(-c%13ccc%14ccc%15c(-c%16ccccc%16)c%16ccccc%16nc%15c%14n%13)c%13ccccc%12%13)cc(-c%12ccc(-c%13ccncc%13)cc%12)n%11)cc%10)ccn9)c8)cc7)c6)ccc5c4)nc23)cc1. The lowest BCUT2D eigenvalue weighted by atomic mass is 9.91. The van der Waals surface area contributed by atoms with Crippen molar-refractivity contribution in [3.8, 4) is 168 Å². The van der Waals surface area contributed by atoms with E-state index in [1.807, 2.05) is 61.4 Å². The molecule has 24 rings (SSSR count). The average molecular weight is 1630 g/mol. The van der Waals surface area contributed by atoms with Gasteiger partial charge in [-0.05, 0) is 209 Å². The van der Waals surface area contributed by atoms with Gasteiger partial charge in [-0.3, -0.25) is 19.9 Å². The van der Waals surface area contributed by atoms with E-state index in [0.717, 1.165) is 249 Å². The number of aromatic nitrogens is 10. The highest BCUT2D eigenvalue weighted by Crippen LogP contribution is 2.45. The maximum absolute atomic E-state index is 5.54. The molecule has 10 aromatic heterocycles. The van der Waals surface area contributed by atoms with Gasteiger partial charge in [0.2, 0.25) is 0 Å². The summed E-state index contributed by atoms with van der Waals surface area (Å²) in [4.78, 5) is 50.9. The largest absolute Gasteiger partial charge is 0.265 e. The van der Waals surface area contributed by atoms with E-state index < -0.39 is 0 Å². The highest BCUT2D eigenvalue weighted by Gasteiger charge is 2.22. The van der Waals surface area contributed by atoms with Crippen LogP contribution in [0.3, 0.4) is 0 Å². The Balaban J connectivity index is 0.528. The van der Waals surface area contributed by atoms with Crippen LogP contribution in [0.2, 0.25) is 0 Å². The Morgan fingerprint density at radius 3 is 0.945 bits per heavy atom. The molecule has 14 aromatic carbocycles. The van der Waals surface area contributed by atoms with E-state index in [1.165, 1.54) is 5.56 Å². The van der Waals surface area contributed by atoms with Crippen molar-refractivity contribution in [1.29, 1.82) is 0 Å². The molecule has 0 bridgehead atoms. The minimum atomic E-state index is 0.766. The van der Waals surface area contributed by atoms with E-state index in [0.29, 0.717) is 0 Å². The molecule has 0 aliphatic carbocycles. The topological polar surface area (TPSA) is 129 Å². The van der Waals surface area contributed by atoms with Crippen molar-refractivity contribution in [3.63, 3.8) is 0 Å². The van der Waals surface area contributed by atoms with Crippen LogP contribution >= 0.6 is 0 Å². The summed E-state index contributed by atoms with van der Waals surface area (Å²) in [5.74, 6) is 0. The number of pyridine rings is 10. The monoisotopic (exact) mass is 1630 g/mol. The van der Waals surface area contributed by atoms with Gasteiger partial charge in [0.05, 0.1) is 78.7 Å². The predicted octanol–water partition coefficient (Wildman–Crippen LogP) is 29.9. The highest BCUT2D eigenvalue weighted by atomic mass is 14.8. The Morgan fingerprint density at radius 1 is 0.141 bits per heavy atom. The Bertz CT molecular complexity index is 8510. The van der Waals surface area contributed by atoms with Crippen LogP contribution < -0.4 is 0 Å². The molecule has 0 aliphatic rings. The third kappa shape index (κ3) is 13.7. The van der Waals surface area contributed by atoms with Crippen molar-refractivity contribution in [3.05, 3.63) is 438 Å². The van der Waals surface area contributed by atoms with Crippen molar-refractivity contribution in [2.75, 3.05) is 0 Å². The molecule has 0 saturated carbocycles. The second-order valence-electron chi connectivity index (χ2n) is 32.6. The summed E-state index contributed by atoms with van der Waals surface area (Å²) >= 11 is 0. The van der Waals surface area contributed by atoms with Crippen LogP contribution in [-0.4, -0.2) is 49.8 Å². The first kappa shape index (κ1) is 74.5. The van der Waals surface area contributed by atoms with Gasteiger partial charge in [0.15, 0.2) is 0 Å². The predicted molar refractivity (Wildman–Crippen MR) is 526 cm³/mol. The lowest BCUT2D eigenvalue weighted by molar-refractivity contribution is 1.25. The van der Waals surface area contributed by atoms with E-state index in [9.17, 15) is 0 Å². The second-order valence-corrected chi connectivity index (χ2v) is 32.6. The molecule has 0 fully saturated rings. The van der Waals surface area contributed by atoms with Crippen molar-refractivity contribution in [2.45, 2.75) is 0 Å². The Morgan fingerprint density at radius 2 is 0.469 bits per heavy atom.